The summed E-state index contributed by atoms with van der Waals surface area (Å²) < 4.78 is 0. The maximum Gasteiger partial charge on any atom is 0.135 e. The Morgan fingerprint density at radius 2 is 1.53 bits per heavy atom. The Morgan fingerprint density at radius 3 is 1.94 bits per heavy atom. The summed E-state index contributed by atoms with van der Waals surface area (Å²) in [4.78, 5) is 13.1. The van der Waals surface area contributed by atoms with Crippen LogP contribution in [0, 0.1) is 0 Å². The number of likely N-dealkylation sites (tertiary alicyclic amines) is 1. The number of carbonyl (C=O) groups is 1. The van der Waals surface area contributed by atoms with Crippen LogP contribution in [0.4, 0.5) is 0 Å². The molecule has 0 aliphatic carbocycles. The molecule has 102 valence electrons. The van der Waals surface area contributed by atoms with Gasteiger partial charge in [-0.25, -0.2) is 0 Å². The highest BCUT2D eigenvalue weighted by Crippen LogP contribution is 2.05. The molecule has 1 fully saturated rings. The van der Waals surface area contributed by atoms with Crippen molar-refractivity contribution >= 4 is 5.78 Å². The van der Waals surface area contributed by atoms with Crippen molar-refractivity contribution in [2.24, 2.45) is 0 Å². The topological polar surface area (TPSA) is 32.3 Å². The lowest BCUT2D eigenvalue weighted by Crippen LogP contribution is -2.34. The molecule has 0 bridgehead atoms. The molecule has 0 saturated carbocycles. The van der Waals surface area contributed by atoms with Gasteiger partial charge < -0.3 is 10.2 Å². The zero-order valence-corrected chi connectivity index (χ0v) is 11.9. The van der Waals surface area contributed by atoms with Crippen molar-refractivity contribution < 1.29 is 4.79 Å². The minimum absolute atomic E-state index is 0.437. The molecule has 0 spiro atoms. The van der Waals surface area contributed by atoms with Crippen molar-refractivity contribution in [2.75, 3.05) is 32.7 Å². The Bertz CT molecular complexity index is 169. The zero-order valence-electron chi connectivity index (χ0n) is 11.9. The van der Waals surface area contributed by atoms with Crippen molar-refractivity contribution in [3.8, 4) is 0 Å². The van der Waals surface area contributed by atoms with E-state index < -0.39 is 0 Å². The number of piperidine rings is 1. The smallest absolute Gasteiger partial charge is 0.135 e. The van der Waals surface area contributed by atoms with E-state index in [4.69, 9.17) is 0 Å². The van der Waals surface area contributed by atoms with Crippen molar-refractivity contribution in [1.82, 2.24) is 10.2 Å². The first-order valence-electron chi connectivity index (χ1n) is 7.19. The zero-order chi connectivity index (χ0) is 12.9. The maximum atomic E-state index is 10.8. The van der Waals surface area contributed by atoms with Crippen molar-refractivity contribution in [3.63, 3.8) is 0 Å². The highest BCUT2D eigenvalue weighted by molar-refractivity contribution is 5.79. The van der Waals surface area contributed by atoms with E-state index in [1.54, 1.807) is 0 Å². The van der Waals surface area contributed by atoms with Gasteiger partial charge in [0.15, 0.2) is 0 Å². The minimum atomic E-state index is 0.437. The predicted molar refractivity (Wildman–Crippen MR) is 74.4 cm³/mol. The van der Waals surface area contributed by atoms with Gasteiger partial charge >= 0.3 is 0 Å². The summed E-state index contributed by atoms with van der Waals surface area (Å²) >= 11 is 0. The van der Waals surface area contributed by atoms with E-state index >= 15 is 0 Å². The molecule has 0 aromatic heterocycles. The fraction of sp³-hybridized carbons (Fsp3) is 0.929. The summed E-state index contributed by atoms with van der Waals surface area (Å²) in [6, 6.07) is 0. The summed E-state index contributed by atoms with van der Waals surface area (Å²) in [7, 11) is 0. The monoisotopic (exact) mass is 242 g/mol. The second-order valence-corrected chi connectivity index (χ2v) is 4.63. The van der Waals surface area contributed by atoms with Crippen LogP contribution in [-0.2, 0) is 4.79 Å². The highest BCUT2D eigenvalue weighted by Gasteiger charge is 2.14. The van der Waals surface area contributed by atoms with Crippen LogP contribution in [0.1, 0.15) is 52.9 Å². The van der Waals surface area contributed by atoms with Crippen LogP contribution in [0.2, 0.25) is 0 Å². The van der Waals surface area contributed by atoms with Gasteiger partial charge in [0.2, 0.25) is 0 Å². The van der Waals surface area contributed by atoms with Gasteiger partial charge in [0, 0.05) is 25.9 Å². The molecule has 0 unspecified atom stereocenters. The van der Waals surface area contributed by atoms with E-state index in [1.807, 2.05) is 0 Å². The van der Waals surface area contributed by atoms with Gasteiger partial charge in [-0.15, -0.1) is 0 Å². The average Bonchev–Trinajstić information content (AvgIpc) is 2.34. The Labute approximate surface area is 107 Å². The molecule has 3 nitrogen and oxygen atoms in total. The van der Waals surface area contributed by atoms with Crippen LogP contribution < -0.4 is 5.32 Å². The first-order chi connectivity index (χ1) is 8.24. The van der Waals surface area contributed by atoms with E-state index in [0.717, 1.165) is 32.5 Å². The molecule has 1 rings (SSSR count). The van der Waals surface area contributed by atoms with E-state index in [9.17, 15) is 4.79 Å². The first kappa shape index (κ1) is 16.6. The fourth-order valence-electron chi connectivity index (χ4n) is 1.82. The summed E-state index contributed by atoms with van der Waals surface area (Å²) in [6.45, 7) is 12.0. The number of hydrogen-bond acceptors (Lipinski definition) is 3. The van der Waals surface area contributed by atoms with Crippen molar-refractivity contribution in [2.45, 2.75) is 52.9 Å². The molecule has 1 N–H and O–H groups in total. The average molecular weight is 242 g/mol. The number of nitrogens with zero attached hydrogens (tertiary/aromatic N) is 1. The van der Waals surface area contributed by atoms with Gasteiger partial charge in [0.1, 0.15) is 5.78 Å². The Morgan fingerprint density at radius 1 is 1.00 bits per heavy atom. The van der Waals surface area contributed by atoms with Gasteiger partial charge in [-0.05, 0) is 38.9 Å². The number of rotatable bonds is 6. The second kappa shape index (κ2) is 12.1. The number of nitrogens with one attached hydrogen (secondary N) is 1. The number of hydrogen-bond donors (Lipinski definition) is 1. The van der Waals surface area contributed by atoms with Crippen LogP contribution in [0.15, 0.2) is 0 Å². The number of ketones is 1. The largest absolute Gasteiger partial charge is 0.317 e. The third kappa shape index (κ3) is 10.5. The van der Waals surface area contributed by atoms with Crippen molar-refractivity contribution in [3.05, 3.63) is 0 Å². The Hall–Kier alpha value is -0.410. The maximum absolute atomic E-state index is 10.8. The van der Waals surface area contributed by atoms with E-state index in [0.29, 0.717) is 5.78 Å². The van der Waals surface area contributed by atoms with Gasteiger partial charge in [-0.1, -0.05) is 20.8 Å². The fourth-order valence-corrected chi connectivity index (χ4v) is 1.82. The summed E-state index contributed by atoms with van der Waals surface area (Å²) in [6.07, 6.45) is 5.26. The minimum Gasteiger partial charge on any atom is -0.317 e. The van der Waals surface area contributed by atoms with Crippen LogP contribution in [0.3, 0.4) is 0 Å². The second-order valence-electron chi connectivity index (χ2n) is 4.63. The quantitative estimate of drug-likeness (QED) is 0.726. The van der Waals surface area contributed by atoms with E-state index in [-0.39, 0.29) is 0 Å². The van der Waals surface area contributed by atoms with Crippen molar-refractivity contribution in [1.29, 1.82) is 0 Å². The molecule has 0 atom stereocenters. The van der Waals surface area contributed by atoms with Crippen LogP contribution in [0.5, 0.6) is 0 Å². The van der Waals surface area contributed by atoms with Crippen LogP contribution in [0.25, 0.3) is 0 Å². The van der Waals surface area contributed by atoms with Gasteiger partial charge in [-0.2, -0.15) is 0 Å². The normalized spacial score (nSPS) is 16.5. The van der Waals surface area contributed by atoms with Crippen LogP contribution in [-0.4, -0.2) is 43.4 Å². The molecule has 0 radical (unpaired) electrons. The van der Waals surface area contributed by atoms with Gasteiger partial charge in [0.25, 0.3) is 0 Å². The highest BCUT2D eigenvalue weighted by atomic mass is 16.1. The van der Waals surface area contributed by atoms with Gasteiger partial charge in [-0.3, -0.25) is 4.79 Å². The predicted octanol–water partition coefficient (Wildman–Crippen LogP) is 2.46. The Kier molecular flexibility index (Phi) is 11.8. The molecular weight excluding hydrogens is 212 g/mol. The summed E-state index contributed by atoms with van der Waals surface area (Å²) in [5, 5.41) is 3.28. The van der Waals surface area contributed by atoms with Crippen LogP contribution >= 0.6 is 0 Å². The van der Waals surface area contributed by atoms with Gasteiger partial charge in [0.05, 0.1) is 0 Å². The summed E-state index contributed by atoms with van der Waals surface area (Å²) in [5.74, 6) is 0.437. The molecule has 0 amide bonds. The lowest BCUT2D eigenvalue weighted by molar-refractivity contribution is -0.121. The molecule has 3 heteroatoms. The molecular formula is C14H30N2O. The lowest BCUT2D eigenvalue weighted by Gasteiger charge is -2.24. The summed E-state index contributed by atoms with van der Waals surface area (Å²) in [5.41, 5.74) is 0. The van der Waals surface area contributed by atoms with E-state index in [1.165, 1.54) is 32.4 Å². The third-order valence-electron chi connectivity index (χ3n) is 2.81. The van der Waals surface area contributed by atoms with E-state index in [2.05, 4.69) is 31.0 Å². The molecule has 1 heterocycles. The first-order valence-corrected chi connectivity index (χ1v) is 7.19. The Balaban J connectivity index is 0.000000325. The SMILES string of the molecule is CCCN1CCC(=O)CC1.CCCNCCC. The lowest BCUT2D eigenvalue weighted by atomic mass is 10.1. The molecule has 1 aliphatic heterocycles. The third-order valence-corrected chi connectivity index (χ3v) is 2.81. The number of Topliss-reactive ketones (excluding diaryl/α,β-unsaturated/α-hetero) is 1. The molecule has 1 aliphatic rings. The molecule has 0 aromatic carbocycles. The molecule has 1 saturated heterocycles. The molecule has 0 aromatic rings. The number of carbonyl (C=O) groups excluding carboxylic acids is 1. The standard InChI is InChI=1S/C8H15NO.C6H15N/c1-2-5-9-6-3-8(10)4-7-9;1-3-5-7-6-4-2/h2-7H2,1H3;7H,3-6H2,1-2H3. The molecule has 17 heavy (non-hydrogen) atoms.